The van der Waals surface area contributed by atoms with Crippen molar-refractivity contribution in [1.29, 1.82) is 0 Å². The molecule has 0 aromatic heterocycles. The quantitative estimate of drug-likeness (QED) is 0.553. The van der Waals surface area contributed by atoms with Crippen molar-refractivity contribution in [3.8, 4) is 0 Å². The summed E-state index contributed by atoms with van der Waals surface area (Å²) in [7, 11) is 0. The summed E-state index contributed by atoms with van der Waals surface area (Å²) in [5.41, 5.74) is 5.61. The van der Waals surface area contributed by atoms with Gasteiger partial charge in [-0.1, -0.05) is 0 Å². The topological polar surface area (TPSA) is 46.2 Å². The lowest BCUT2D eigenvalue weighted by Crippen LogP contribution is -2.22. The molecule has 4 atom stereocenters. The molecule has 0 aromatic rings. The highest BCUT2D eigenvalue weighted by molar-refractivity contribution is 4.97. The second-order valence-corrected chi connectivity index (χ2v) is 3.70. The molecule has 0 unspecified atom stereocenters. The van der Waals surface area contributed by atoms with E-state index in [9.17, 15) is 5.11 Å². The van der Waals surface area contributed by atoms with Crippen LogP contribution in [0.25, 0.3) is 0 Å². The molecule has 0 saturated heterocycles. The molecule has 2 heteroatoms. The Hall–Kier alpha value is -0.0800. The summed E-state index contributed by atoms with van der Waals surface area (Å²) in [5, 5.41) is 9.47. The van der Waals surface area contributed by atoms with E-state index in [0.717, 1.165) is 18.9 Å². The summed E-state index contributed by atoms with van der Waals surface area (Å²) in [6.07, 6.45) is 3.52. The molecular weight excluding hydrogens is 126 g/mol. The molecule has 3 N–H and O–H groups in total. The van der Waals surface area contributed by atoms with Gasteiger partial charge in [0.25, 0.3) is 0 Å². The van der Waals surface area contributed by atoms with E-state index in [-0.39, 0.29) is 6.10 Å². The van der Waals surface area contributed by atoms with Crippen LogP contribution in [-0.2, 0) is 0 Å². The number of aliphatic hydroxyl groups is 1. The standard InChI is InChI=1S/C8H15NO/c9-4-7-5-1-2-6(7)8(10)3-5/h5-8,10H,1-4,9H2/t5-,6+,7+,8-/m0/s1. The zero-order valence-corrected chi connectivity index (χ0v) is 6.16. The third-order valence-electron chi connectivity index (χ3n) is 3.34. The third kappa shape index (κ3) is 0.722. The van der Waals surface area contributed by atoms with Gasteiger partial charge in [-0.05, 0) is 43.6 Å². The lowest BCUT2D eigenvalue weighted by atomic mass is 9.97. The minimum atomic E-state index is -0.0210. The van der Waals surface area contributed by atoms with Crippen LogP contribution in [0.2, 0.25) is 0 Å². The molecule has 0 heterocycles. The molecule has 0 radical (unpaired) electrons. The summed E-state index contributed by atoms with van der Waals surface area (Å²) in [5.74, 6) is 1.95. The lowest BCUT2D eigenvalue weighted by Gasteiger charge is -2.15. The maximum absolute atomic E-state index is 9.47. The normalized spacial score (nSPS) is 52.2. The number of hydrogen-bond acceptors (Lipinski definition) is 2. The fourth-order valence-corrected chi connectivity index (χ4v) is 2.81. The summed E-state index contributed by atoms with van der Waals surface area (Å²) in [4.78, 5) is 0. The van der Waals surface area contributed by atoms with Crippen molar-refractivity contribution in [3.05, 3.63) is 0 Å². The van der Waals surface area contributed by atoms with Crippen LogP contribution in [0.15, 0.2) is 0 Å². The van der Waals surface area contributed by atoms with Crippen molar-refractivity contribution in [1.82, 2.24) is 0 Å². The maximum Gasteiger partial charge on any atom is 0.0574 e. The molecule has 2 fully saturated rings. The van der Waals surface area contributed by atoms with Crippen LogP contribution in [-0.4, -0.2) is 17.8 Å². The number of nitrogens with two attached hydrogens (primary N) is 1. The van der Waals surface area contributed by atoms with E-state index in [1.165, 1.54) is 12.8 Å². The number of rotatable bonds is 1. The molecule has 2 nitrogen and oxygen atoms in total. The van der Waals surface area contributed by atoms with Gasteiger partial charge in [-0.15, -0.1) is 0 Å². The number of fused-ring (bicyclic) bond motifs is 2. The molecular formula is C8H15NO. The third-order valence-corrected chi connectivity index (χ3v) is 3.34. The summed E-state index contributed by atoms with van der Waals surface area (Å²) < 4.78 is 0. The Labute approximate surface area is 61.4 Å². The molecule has 2 rings (SSSR count). The monoisotopic (exact) mass is 141 g/mol. The highest BCUT2D eigenvalue weighted by atomic mass is 16.3. The molecule has 10 heavy (non-hydrogen) atoms. The van der Waals surface area contributed by atoms with Gasteiger partial charge in [0, 0.05) is 0 Å². The van der Waals surface area contributed by atoms with Crippen molar-refractivity contribution < 1.29 is 5.11 Å². The summed E-state index contributed by atoms with van der Waals surface area (Å²) in [6.45, 7) is 0.784. The first-order chi connectivity index (χ1) is 4.83. The second kappa shape index (κ2) is 2.21. The molecule has 58 valence electrons. The molecule has 2 saturated carbocycles. The molecule has 0 aromatic carbocycles. The summed E-state index contributed by atoms with van der Waals surface area (Å²) >= 11 is 0. The van der Waals surface area contributed by atoms with Gasteiger partial charge in [-0.2, -0.15) is 0 Å². The zero-order chi connectivity index (χ0) is 7.14. The number of aliphatic hydroxyl groups excluding tert-OH is 1. The minimum absolute atomic E-state index is 0.0210. The second-order valence-electron chi connectivity index (χ2n) is 3.70. The van der Waals surface area contributed by atoms with Gasteiger partial charge in [0.15, 0.2) is 0 Å². The average molecular weight is 141 g/mol. The van der Waals surface area contributed by atoms with E-state index < -0.39 is 0 Å². The van der Waals surface area contributed by atoms with Crippen molar-refractivity contribution in [2.24, 2.45) is 23.5 Å². The van der Waals surface area contributed by atoms with Crippen LogP contribution in [0.5, 0.6) is 0 Å². The van der Waals surface area contributed by atoms with Crippen LogP contribution in [0.4, 0.5) is 0 Å². The Bertz CT molecular complexity index is 137. The predicted octanol–water partition coefficient (Wildman–Crippen LogP) is 0.352. The zero-order valence-electron chi connectivity index (χ0n) is 6.16. The van der Waals surface area contributed by atoms with Gasteiger partial charge in [0.1, 0.15) is 0 Å². The Morgan fingerprint density at radius 1 is 1.40 bits per heavy atom. The van der Waals surface area contributed by atoms with Crippen LogP contribution in [0, 0.1) is 17.8 Å². The first-order valence-corrected chi connectivity index (χ1v) is 4.21. The smallest absolute Gasteiger partial charge is 0.0574 e. The van der Waals surface area contributed by atoms with Gasteiger partial charge in [-0.25, -0.2) is 0 Å². The molecule has 0 spiro atoms. The Morgan fingerprint density at radius 3 is 2.50 bits per heavy atom. The Balaban J connectivity index is 2.11. The van der Waals surface area contributed by atoms with Gasteiger partial charge in [0.05, 0.1) is 6.10 Å². The Kier molecular flexibility index (Phi) is 1.46. The summed E-state index contributed by atoms with van der Waals surface area (Å²) in [6, 6.07) is 0. The van der Waals surface area contributed by atoms with Crippen LogP contribution in [0.3, 0.4) is 0 Å². The fourth-order valence-electron chi connectivity index (χ4n) is 2.81. The Morgan fingerprint density at radius 2 is 2.20 bits per heavy atom. The molecule has 0 amide bonds. The van der Waals surface area contributed by atoms with Crippen LogP contribution < -0.4 is 5.73 Å². The molecule has 2 aliphatic rings. The highest BCUT2D eigenvalue weighted by Crippen LogP contribution is 2.48. The van der Waals surface area contributed by atoms with E-state index >= 15 is 0 Å². The highest BCUT2D eigenvalue weighted by Gasteiger charge is 2.46. The maximum atomic E-state index is 9.47. The van der Waals surface area contributed by atoms with Crippen molar-refractivity contribution >= 4 is 0 Å². The van der Waals surface area contributed by atoms with Gasteiger partial charge in [-0.3, -0.25) is 0 Å². The van der Waals surface area contributed by atoms with Crippen LogP contribution in [0.1, 0.15) is 19.3 Å². The molecule has 2 bridgehead atoms. The first-order valence-electron chi connectivity index (χ1n) is 4.21. The van der Waals surface area contributed by atoms with E-state index in [1.54, 1.807) is 0 Å². The lowest BCUT2D eigenvalue weighted by molar-refractivity contribution is 0.108. The van der Waals surface area contributed by atoms with Crippen molar-refractivity contribution in [2.75, 3.05) is 6.54 Å². The largest absolute Gasteiger partial charge is 0.393 e. The van der Waals surface area contributed by atoms with E-state index in [2.05, 4.69) is 0 Å². The SMILES string of the molecule is NC[C@@H]1[C@H]2CC[C@H]1[C@@H](O)C2. The van der Waals surface area contributed by atoms with Crippen molar-refractivity contribution in [2.45, 2.75) is 25.4 Å². The fraction of sp³-hybridized carbons (Fsp3) is 1.00. The van der Waals surface area contributed by atoms with Gasteiger partial charge < -0.3 is 10.8 Å². The van der Waals surface area contributed by atoms with Crippen LogP contribution >= 0.6 is 0 Å². The van der Waals surface area contributed by atoms with E-state index in [0.29, 0.717) is 11.8 Å². The molecule has 2 aliphatic carbocycles. The first kappa shape index (κ1) is 6.62. The van der Waals surface area contributed by atoms with Gasteiger partial charge in [0.2, 0.25) is 0 Å². The van der Waals surface area contributed by atoms with Crippen molar-refractivity contribution in [3.63, 3.8) is 0 Å². The average Bonchev–Trinajstić information content (AvgIpc) is 2.42. The predicted molar refractivity (Wildman–Crippen MR) is 39.4 cm³/mol. The minimum Gasteiger partial charge on any atom is -0.393 e. The van der Waals surface area contributed by atoms with Gasteiger partial charge >= 0.3 is 0 Å². The molecule has 0 aliphatic heterocycles. The van der Waals surface area contributed by atoms with E-state index in [1.807, 2.05) is 0 Å². The van der Waals surface area contributed by atoms with E-state index in [4.69, 9.17) is 5.73 Å². The number of hydrogen-bond donors (Lipinski definition) is 2.